The van der Waals surface area contributed by atoms with Crippen LogP contribution in [0.1, 0.15) is 194 Å². The van der Waals surface area contributed by atoms with E-state index >= 15 is 0 Å². The molecule has 6 aliphatic heterocycles. The molecule has 4 aromatic heterocycles. The number of aromatic nitrogens is 3. The van der Waals surface area contributed by atoms with Crippen LogP contribution in [0.5, 0.6) is 0 Å². The van der Waals surface area contributed by atoms with E-state index in [4.69, 9.17) is 43.9 Å². The number of halogens is 4. The first-order valence-corrected chi connectivity index (χ1v) is 50.5. The Hall–Kier alpha value is -14.9. The van der Waals surface area contributed by atoms with E-state index in [1.807, 2.05) is 190 Å². The van der Waals surface area contributed by atoms with Gasteiger partial charge in [0.05, 0.1) is 75.9 Å². The maximum atomic E-state index is 14.1. The van der Waals surface area contributed by atoms with Crippen molar-refractivity contribution >= 4 is 122 Å². The van der Waals surface area contributed by atoms with Crippen molar-refractivity contribution in [3.63, 3.8) is 0 Å². The van der Waals surface area contributed by atoms with E-state index < -0.39 is 62.1 Å². The highest BCUT2D eigenvalue weighted by molar-refractivity contribution is 14.1. The van der Waals surface area contributed by atoms with Crippen molar-refractivity contribution in [2.24, 2.45) is 59.5 Å². The van der Waals surface area contributed by atoms with Gasteiger partial charge in [-0.3, -0.25) is 48.5 Å². The molecule has 1 saturated carbocycles. The van der Waals surface area contributed by atoms with Crippen LogP contribution in [0.25, 0.3) is 33.9 Å². The highest BCUT2D eigenvalue weighted by Crippen LogP contribution is 2.51. The summed E-state index contributed by atoms with van der Waals surface area (Å²) in [7, 11) is 6.38. The quantitative estimate of drug-likeness (QED) is 0.0287. The summed E-state index contributed by atoms with van der Waals surface area (Å²) in [6, 6.07) is 76.4. The summed E-state index contributed by atoms with van der Waals surface area (Å²) in [6.07, 6.45) is 18.2. The van der Waals surface area contributed by atoms with Crippen LogP contribution in [0, 0.1) is 48.6 Å². The van der Waals surface area contributed by atoms with Crippen molar-refractivity contribution in [3.8, 4) is 35.2 Å². The lowest BCUT2D eigenvalue weighted by atomic mass is 9.72. The number of carbonyl (C=O) groups excluding carboxylic acids is 5. The third-order valence-electron chi connectivity index (χ3n) is 28.2. The largest absolute Gasteiger partial charge is 0.385 e. The van der Waals surface area contributed by atoms with Crippen LogP contribution >= 0.6 is 45.3 Å². The van der Waals surface area contributed by atoms with E-state index in [0.717, 1.165) is 121 Å². The van der Waals surface area contributed by atoms with Crippen LogP contribution in [-0.2, 0) is 63.2 Å². The van der Waals surface area contributed by atoms with Gasteiger partial charge in [0.1, 0.15) is 22.7 Å². The number of amides is 5. The van der Waals surface area contributed by atoms with E-state index in [1.54, 1.807) is 91.7 Å². The van der Waals surface area contributed by atoms with Crippen LogP contribution in [0.2, 0.25) is 0 Å². The SMILES string of the molecule is CN1C(=O)C(C/C=C/c2ccccc2I)[C@@](C)(c2cc(-c3cccc(C#N)c3)cs2)N=C1N.CN1C(=O)C(c2ccc(C(C)(F)F)cc2)[C@@](C)(c2cc(C#N)c(F)s2)N=C1N.CN1C(=O)C(c2ccc(C3(O)CCC3)cc2)[C@@](C)(c2cccc(C#N)c2)N=C1N.CN1C(=O)C[C@@](C)(c2ccc3c(cnn3-c3ccccn3)c2)N=C1N.NC1=NC(c2ccccc2)(c2ccccc2)C(=O)N1CCCCCN1CCCCC1. The highest BCUT2D eigenvalue weighted by atomic mass is 127. The van der Waals surface area contributed by atoms with Gasteiger partial charge < -0.3 is 38.7 Å². The van der Waals surface area contributed by atoms with Crippen molar-refractivity contribution in [2.45, 2.75) is 156 Å². The summed E-state index contributed by atoms with van der Waals surface area (Å²) in [5.41, 5.74) is 35.1. The zero-order chi connectivity index (χ0) is 104. The van der Waals surface area contributed by atoms with Crippen LogP contribution in [0.4, 0.5) is 13.2 Å². The fraction of sp³-hybridized carbons (Fsp3) is 0.306. The third kappa shape index (κ3) is 21.8. The van der Waals surface area contributed by atoms with Crippen LogP contribution in [0.3, 0.4) is 0 Å². The zero-order valence-corrected chi connectivity index (χ0v) is 85.8. The molecule has 3 unspecified atom stereocenters. The molecule has 19 rings (SSSR count). The van der Waals surface area contributed by atoms with Crippen LogP contribution in [-0.4, -0.2) is 163 Å². The van der Waals surface area contributed by atoms with E-state index in [0.29, 0.717) is 51.8 Å². The van der Waals surface area contributed by atoms with E-state index in [1.165, 1.54) is 95.8 Å². The number of thiophene rings is 2. The Balaban J connectivity index is 0.000000137. The number of nitrogens with zero attached hydrogens (tertiary/aromatic N) is 17. The number of nitriles is 3. The minimum absolute atomic E-state index is 0.0423. The Morgan fingerprint density at radius 1 is 0.538 bits per heavy atom. The maximum absolute atomic E-state index is 14.1. The number of pyridine rings is 1. The smallest absolute Gasteiger partial charge is 0.270 e. The number of piperidine rings is 1. The molecule has 5 amide bonds. The molecule has 0 spiro atoms. The molecule has 1 aliphatic carbocycles. The lowest BCUT2D eigenvalue weighted by Gasteiger charge is -2.41. The molecule has 2 fully saturated rings. The van der Waals surface area contributed by atoms with Crippen LogP contribution in [0.15, 0.2) is 279 Å². The lowest BCUT2D eigenvalue weighted by Crippen LogP contribution is -2.53. The van der Waals surface area contributed by atoms with Gasteiger partial charge in [-0.2, -0.15) is 25.3 Å². The number of carbonyl (C=O) groups is 5. The van der Waals surface area contributed by atoms with Crippen LogP contribution < -0.4 is 28.7 Å². The molecule has 1 saturated heterocycles. The first kappa shape index (κ1) is 104. The average Bonchev–Trinajstić information content (AvgIpc) is 1.30. The number of benzene rings is 8. The number of aliphatic imine (C=N–C) groups is 5. The molecule has 10 heterocycles. The summed E-state index contributed by atoms with van der Waals surface area (Å²) in [5, 5.41) is 45.0. The van der Waals surface area contributed by atoms with Gasteiger partial charge in [0, 0.05) is 72.1 Å². The highest BCUT2D eigenvalue weighted by Gasteiger charge is 2.54. The lowest BCUT2D eigenvalue weighted by molar-refractivity contribution is -0.134. The van der Waals surface area contributed by atoms with Gasteiger partial charge in [0.15, 0.2) is 46.3 Å². The summed E-state index contributed by atoms with van der Waals surface area (Å²) in [6.45, 7) is 12.4. The fourth-order valence-electron chi connectivity index (χ4n) is 19.3. The van der Waals surface area contributed by atoms with Gasteiger partial charge >= 0.3 is 0 Å². The number of unbranched alkanes of at least 4 members (excludes halogenated alkanes) is 2. The number of likely N-dealkylation sites (N-methyl/N-ethyl adjacent to an activating group) is 2. The fourth-order valence-corrected chi connectivity index (χ4v) is 21.9. The Bertz CT molecular complexity index is 7120. The van der Waals surface area contributed by atoms with Gasteiger partial charge in [0.2, 0.25) is 23.6 Å². The van der Waals surface area contributed by atoms with Crippen molar-refractivity contribution in [1.29, 1.82) is 15.8 Å². The second kappa shape index (κ2) is 43.7. The number of rotatable bonds is 21. The molecule has 7 aliphatic rings. The summed E-state index contributed by atoms with van der Waals surface area (Å²) >= 11 is 4.59. The zero-order valence-electron chi connectivity index (χ0n) is 82.0. The molecule has 145 heavy (non-hydrogen) atoms. The van der Waals surface area contributed by atoms with Crippen molar-refractivity contribution in [2.75, 3.05) is 54.4 Å². The molecule has 28 nitrogen and oxygen atoms in total. The van der Waals surface area contributed by atoms with Crippen molar-refractivity contribution < 1.29 is 42.3 Å². The Labute approximate surface area is 862 Å². The number of guanidine groups is 5. The van der Waals surface area contributed by atoms with Gasteiger partial charge in [0.25, 0.3) is 11.8 Å². The number of nitrogens with two attached hydrogens (primary N) is 5. The minimum Gasteiger partial charge on any atom is -0.385 e. The number of hydrogen-bond donors (Lipinski definition) is 6. The number of hydrogen-bond acceptors (Lipinski definition) is 24. The maximum Gasteiger partial charge on any atom is 0.270 e. The first-order valence-electron chi connectivity index (χ1n) is 47.7. The summed E-state index contributed by atoms with van der Waals surface area (Å²) in [5.74, 6) is -3.97. The van der Waals surface area contributed by atoms with E-state index in [2.05, 4.69) is 89.0 Å². The molecule has 34 heteroatoms. The average molecular weight is 2100 g/mol. The van der Waals surface area contributed by atoms with Gasteiger partial charge in [-0.1, -0.05) is 189 Å². The molecule has 12 aromatic rings. The van der Waals surface area contributed by atoms with Gasteiger partial charge in [-0.05, 0) is 249 Å². The predicted octanol–water partition coefficient (Wildman–Crippen LogP) is 17.5. The van der Waals surface area contributed by atoms with Crippen molar-refractivity contribution in [3.05, 3.63) is 340 Å². The van der Waals surface area contributed by atoms with Crippen molar-refractivity contribution in [1.82, 2.24) is 44.2 Å². The Morgan fingerprint density at radius 3 is 1.70 bits per heavy atom. The molecule has 744 valence electrons. The van der Waals surface area contributed by atoms with E-state index in [-0.39, 0.29) is 70.9 Å². The summed E-state index contributed by atoms with van der Waals surface area (Å²) in [4.78, 5) is 104. The Kier molecular flexibility index (Phi) is 31.5. The third-order valence-corrected chi connectivity index (χ3v) is 31.5. The number of allylic oxidation sites excluding steroid dienone is 1. The second-order valence-electron chi connectivity index (χ2n) is 37.9. The number of likely N-dealkylation sites (tertiary alicyclic amines) is 1. The Morgan fingerprint density at radius 2 is 1.10 bits per heavy atom. The normalized spacial score (nSPS) is 21.8. The number of alkyl halides is 2. The minimum atomic E-state index is -3.02. The monoisotopic (exact) mass is 2100 g/mol. The predicted molar refractivity (Wildman–Crippen MR) is 568 cm³/mol. The molecular formula is C111H114F3IN22O6S2. The standard InChI is InChI=1S/C26H23IN4OS.C25H32N4O.C23H24N4O2.C19H17F3N4OS.C18H18N6O/c1-26(23-14-20(16-33-23)19-10-5-7-17(13-19)15-28)21(24(32)31(2)25(29)30-26)11-6-9-18-8-3-4-12-22(18)27;26-24-27-25(21-13-5-1-6-14-21,22-15-7-2-8-16-22)23(30)29(24)20-12-4-11-19-28-17-9-3-10-18-28;1-22(18-6-3-5-15(13-18)14-24)19(20(28)27(2)21(25)26-22)16-7-9-17(10-8-16)23(29)11-4-12-23;1-18(13-8-11(9-23)15(20)28-13)14(16(27)26(3)17(24)25-18)10-4-6-12(7-5-10)19(2,21)22;1-18(10-16(25)23(2)17(19)22-18)13-6-7-14-12(9-13)11-21-24(14)15-5-3-4-8-20-15/h3-10,12-14,16,21H,11H2,1-2H3,(H2,29,30);1-2,5-8,13-16H,3-4,9-12,17-20H2,(H2,26,27);3,5-10,13,19,29H,4,11-12H2,1-2H3,(H2,25,26);4-8,14H,1-3H3,(H2,24,25);3-9,11H,10H2,1-2H3,(H2,19,22)/b9-6+;;;;/t21?,26-;;19?,22-;14?,18-;18-/m0.110/s1. The molecule has 8 aromatic carbocycles. The molecule has 0 bridgehead atoms. The van der Waals surface area contributed by atoms with E-state index in [9.17, 15) is 52.8 Å². The molecule has 11 N–H and O–H groups in total. The topological polar surface area (TPSA) is 419 Å². The summed E-state index contributed by atoms with van der Waals surface area (Å²) < 4.78 is 44.1. The van der Waals surface area contributed by atoms with Gasteiger partial charge in [-0.15, -0.1) is 22.7 Å². The molecule has 0 radical (unpaired) electrons. The first-order chi connectivity index (χ1) is 69.3. The molecule has 7 atom stereocenters. The molecular weight excluding hydrogens is 1990 g/mol. The number of aliphatic hydroxyl groups is 1. The second-order valence-corrected chi connectivity index (χ2v) is 40.9. The number of fused-ring (bicyclic) bond motifs is 1. The van der Waals surface area contributed by atoms with Gasteiger partial charge in [-0.25, -0.2) is 43.4 Å².